The third kappa shape index (κ3) is 6.02. The smallest absolute Gasteiger partial charge is 0.129 e. The van der Waals surface area contributed by atoms with Gasteiger partial charge in [-0.25, -0.2) is 15.0 Å². The van der Waals surface area contributed by atoms with E-state index in [0.717, 1.165) is 24.6 Å². The summed E-state index contributed by atoms with van der Waals surface area (Å²) in [5, 5.41) is 3.49. The van der Waals surface area contributed by atoms with Crippen LogP contribution in [0.25, 0.3) is 0 Å². The summed E-state index contributed by atoms with van der Waals surface area (Å²) in [6.07, 6.45) is 16.3. The van der Waals surface area contributed by atoms with E-state index in [1.807, 2.05) is 19.3 Å². The van der Waals surface area contributed by atoms with Crippen molar-refractivity contribution in [3.63, 3.8) is 0 Å². The standard InChI is InChI=1S/C23H34N4/c1-3-19(21-16-25-18(2)26-17-21)10-6-4-5-7-12-22-14-13-20-11-8-9-15-24-23(20)27-22/h13-14,16-17,19H,3-12,15H2,1-2H3,(H,24,27)/t19-/m1/s1. The number of nitrogens with one attached hydrogen (secondary N) is 1. The highest BCUT2D eigenvalue weighted by molar-refractivity contribution is 5.46. The normalized spacial score (nSPS) is 14.9. The van der Waals surface area contributed by atoms with Gasteiger partial charge < -0.3 is 5.32 Å². The van der Waals surface area contributed by atoms with Crippen LogP contribution in [0, 0.1) is 6.92 Å². The fourth-order valence-corrected chi connectivity index (χ4v) is 3.94. The number of hydrogen-bond acceptors (Lipinski definition) is 4. The lowest BCUT2D eigenvalue weighted by Crippen LogP contribution is -2.04. The maximum Gasteiger partial charge on any atom is 0.129 e. The van der Waals surface area contributed by atoms with E-state index < -0.39 is 0 Å². The zero-order valence-corrected chi connectivity index (χ0v) is 17.0. The Morgan fingerprint density at radius 3 is 2.67 bits per heavy atom. The molecule has 0 aliphatic carbocycles. The molecular weight excluding hydrogens is 332 g/mol. The van der Waals surface area contributed by atoms with Crippen LogP contribution in [-0.4, -0.2) is 21.5 Å². The fourth-order valence-electron chi connectivity index (χ4n) is 3.94. The number of aryl methyl sites for hydroxylation is 3. The summed E-state index contributed by atoms with van der Waals surface area (Å²) in [7, 11) is 0. The van der Waals surface area contributed by atoms with E-state index in [0.29, 0.717) is 5.92 Å². The van der Waals surface area contributed by atoms with E-state index in [1.165, 1.54) is 74.6 Å². The lowest BCUT2D eigenvalue weighted by Gasteiger charge is -2.14. The summed E-state index contributed by atoms with van der Waals surface area (Å²) in [4.78, 5) is 13.6. The molecule has 0 amide bonds. The van der Waals surface area contributed by atoms with Gasteiger partial charge in [0.2, 0.25) is 0 Å². The number of hydrogen-bond donors (Lipinski definition) is 1. The highest BCUT2D eigenvalue weighted by Gasteiger charge is 2.11. The van der Waals surface area contributed by atoms with Crippen LogP contribution in [0.1, 0.15) is 86.9 Å². The van der Waals surface area contributed by atoms with Gasteiger partial charge >= 0.3 is 0 Å². The molecule has 146 valence electrons. The SMILES string of the molecule is CC[C@H](CCCCCCc1ccc2c(n1)NCCCC2)c1cnc(C)nc1. The van der Waals surface area contributed by atoms with Crippen molar-refractivity contribution in [2.24, 2.45) is 0 Å². The van der Waals surface area contributed by atoms with Crippen LogP contribution in [0.3, 0.4) is 0 Å². The predicted molar refractivity (Wildman–Crippen MR) is 112 cm³/mol. The van der Waals surface area contributed by atoms with E-state index in [2.05, 4.69) is 34.3 Å². The molecule has 0 bridgehead atoms. The summed E-state index contributed by atoms with van der Waals surface area (Å²) in [5.74, 6) is 2.59. The Kier molecular flexibility index (Phi) is 7.61. The highest BCUT2D eigenvalue weighted by Crippen LogP contribution is 2.25. The van der Waals surface area contributed by atoms with Gasteiger partial charge in [0.05, 0.1) is 0 Å². The highest BCUT2D eigenvalue weighted by atomic mass is 15.0. The fraction of sp³-hybridized carbons (Fsp3) is 0.609. The van der Waals surface area contributed by atoms with Crippen molar-refractivity contribution in [3.8, 4) is 0 Å². The molecule has 2 aromatic heterocycles. The largest absolute Gasteiger partial charge is 0.370 e. The van der Waals surface area contributed by atoms with Crippen LogP contribution in [0.15, 0.2) is 24.5 Å². The second-order valence-electron chi connectivity index (χ2n) is 7.82. The molecular formula is C23H34N4. The van der Waals surface area contributed by atoms with Crippen molar-refractivity contribution in [1.29, 1.82) is 0 Å². The van der Waals surface area contributed by atoms with E-state index in [4.69, 9.17) is 4.98 Å². The van der Waals surface area contributed by atoms with Gasteiger partial charge in [-0.3, -0.25) is 0 Å². The minimum atomic E-state index is 0.600. The van der Waals surface area contributed by atoms with Gasteiger partial charge in [0, 0.05) is 24.6 Å². The van der Waals surface area contributed by atoms with Crippen molar-refractivity contribution in [3.05, 3.63) is 47.2 Å². The third-order valence-corrected chi connectivity index (χ3v) is 5.70. The molecule has 2 aromatic rings. The Morgan fingerprint density at radius 1 is 1.04 bits per heavy atom. The number of rotatable bonds is 9. The number of unbranched alkanes of at least 4 members (excludes halogenated alkanes) is 3. The van der Waals surface area contributed by atoms with Gasteiger partial charge in [0.25, 0.3) is 0 Å². The van der Waals surface area contributed by atoms with Crippen molar-refractivity contribution in [1.82, 2.24) is 15.0 Å². The summed E-state index contributed by atoms with van der Waals surface area (Å²) >= 11 is 0. The average Bonchev–Trinajstić information content (AvgIpc) is 2.93. The van der Waals surface area contributed by atoms with Crippen molar-refractivity contribution in [2.75, 3.05) is 11.9 Å². The van der Waals surface area contributed by atoms with Crippen molar-refractivity contribution >= 4 is 5.82 Å². The molecule has 0 saturated carbocycles. The molecule has 1 aliphatic rings. The van der Waals surface area contributed by atoms with Gasteiger partial charge in [0.1, 0.15) is 11.6 Å². The van der Waals surface area contributed by atoms with Gasteiger partial charge in [-0.1, -0.05) is 32.3 Å². The minimum absolute atomic E-state index is 0.600. The predicted octanol–water partition coefficient (Wildman–Crippen LogP) is 5.62. The van der Waals surface area contributed by atoms with Crippen molar-refractivity contribution in [2.45, 2.75) is 84.0 Å². The van der Waals surface area contributed by atoms with Crippen molar-refractivity contribution < 1.29 is 0 Å². The average molecular weight is 367 g/mol. The summed E-state index contributed by atoms with van der Waals surface area (Å²) < 4.78 is 0. The molecule has 3 heterocycles. The Labute approximate surface area is 164 Å². The first-order valence-electron chi connectivity index (χ1n) is 10.8. The molecule has 27 heavy (non-hydrogen) atoms. The van der Waals surface area contributed by atoms with E-state index in [9.17, 15) is 0 Å². The molecule has 0 fully saturated rings. The maximum absolute atomic E-state index is 4.85. The van der Waals surface area contributed by atoms with Gasteiger partial charge in [0.15, 0.2) is 0 Å². The third-order valence-electron chi connectivity index (χ3n) is 5.70. The second-order valence-corrected chi connectivity index (χ2v) is 7.82. The maximum atomic E-state index is 4.85. The molecule has 0 saturated heterocycles. The van der Waals surface area contributed by atoms with Crippen LogP contribution in [0.2, 0.25) is 0 Å². The molecule has 0 aromatic carbocycles. The first-order chi connectivity index (χ1) is 13.3. The number of pyridine rings is 1. The zero-order valence-electron chi connectivity index (χ0n) is 17.0. The van der Waals surface area contributed by atoms with Gasteiger partial charge in [-0.15, -0.1) is 0 Å². The monoisotopic (exact) mass is 366 g/mol. The molecule has 4 heteroatoms. The van der Waals surface area contributed by atoms with Crippen LogP contribution in [0.4, 0.5) is 5.82 Å². The number of anilines is 1. The van der Waals surface area contributed by atoms with E-state index in [1.54, 1.807) is 0 Å². The Balaban J connectivity index is 1.36. The molecule has 0 radical (unpaired) electrons. The first-order valence-corrected chi connectivity index (χ1v) is 10.8. The Bertz CT molecular complexity index is 696. The summed E-state index contributed by atoms with van der Waals surface area (Å²) in [5.41, 5.74) is 3.93. The minimum Gasteiger partial charge on any atom is -0.370 e. The zero-order chi connectivity index (χ0) is 18.9. The first kappa shape index (κ1) is 19.8. The Morgan fingerprint density at radius 2 is 1.85 bits per heavy atom. The number of aromatic nitrogens is 3. The van der Waals surface area contributed by atoms with Crippen LogP contribution in [0.5, 0.6) is 0 Å². The Hall–Kier alpha value is -1.97. The molecule has 3 rings (SSSR count). The van der Waals surface area contributed by atoms with E-state index >= 15 is 0 Å². The lowest BCUT2D eigenvalue weighted by atomic mass is 9.92. The lowest BCUT2D eigenvalue weighted by molar-refractivity contribution is 0.533. The summed E-state index contributed by atoms with van der Waals surface area (Å²) in [6.45, 7) is 5.27. The summed E-state index contributed by atoms with van der Waals surface area (Å²) in [6, 6.07) is 4.52. The quantitative estimate of drug-likeness (QED) is 0.586. The van der Waals surface area contributed by atoms with Gasteiger partial charge in [-0.05, 0) is 75.0 Å². The van der Waals surface area contributed by atoms with Crippen LogP contribution < -0.4 is 5.32 Å². The topological polar surface area (TPSA) is 50.7 Å². The molecule has 4 nitrogen and oxygen atoms in total. The van der Waals surface area contributed by atoms with Crippen LogP contribution >= 0.6 is 0 Å². The molecule has 0 spiro atoms. The second kappa shape index (κ2) is 10.4. The van der Waals surface area contributed by atoms with Gasteiger partial charge in [-0.2, -0.15) is 0 Å². The van der Waals surface area contributed by atoms with E-state index in [-0.39, 0.29) is 0 Å². The molecule has 1 N–H and O–H groups in total. The molecule has 1 atom stereocenters. The number of fused-ring (bicyclic) bond motifs is 1. The molecule has 0 unspecified atom stereocenters. The molecule has 1 aliphatic heterocycles. The van der Waals surface area contributed by atoms with Crippen LogP contribution in [-0.2, 0) is 12.8 Å². The number of nitrogens with zero attached hydrogens (tertiary/aromatic N) is 3.